The SMILES string of the molecule is COc1ccc(C(=O)CCCC(=O)NCc2ccc(C(F)(F)F)cc2)cc1. The van der Waals surface area contributed by atoms with Crippen molar-refractivity contribution in [3.8, 4) is 5.75 Å². The Labute approximate surface area is 155 Å². The first-order valence-electron chi connectivity index (χ1n) is 8.39. The van der Waals surface area contributed by atoms with Gasteiger partial charge in [-0.3, -0.25) is 9.59 Å². The highest BCUT2D eigenvalue weighted by atomic mass is 19.4. The monoisotopic (exact) mass is 379 g/mol. The van der Waals surface area contributed by atoms with E-state index in [-0.39, 0.29) is 31.1 Å². The largest absolute Gasteiger partial charge is 0.497 e. The highest BCUT2D eigenvalue weighted by molar-refractivity contribution is 5.96. The predicted molar refractivity (Wildman–Crippen MR) is 94.5 cm³/mol. The van der Waals surface area contributed by atoms with Gasteiger partial charge in [0.1, 0.15) is 5.75 Å². The van der Waals surface area contributed by atoms with E-state index in [0.717, 1.165) is 12.1 Å². The smallest absolute Gasteiger partial charge is 0.416 e. The number of amides is 1. The van der Waals surface area contributed by atoms with Crippen molar-refractivity contribution in [1.29, 1.82) is 0 Å². The lowest BCUT2D eigenvalue weighted by Gasteiger charge is -2.09. The van der Waals surface area contributed by atoms with Gasteiger partial charge in [-0.25, -0.2) is 0 Å². The number of ketones is 1. The number of rotatable bonds is 8. The van der Waals surface area contributed by atoms with Crippen LogP contribution in [0.15, 0.2) is 48.5 Å². The Morgan fingerprint density at radius 3 is 2.15 bits per heavy atom. The molecule has 0 radical (unpaired) electrons. The van der Waals surface area contributed by atoms with Crippen molar-refractivity contribution >= 4 is 11.7 Å². The number of hydrogen-bond donors (Lipinski definition) is 1. The van der Waals surface area contributed by atoms with Crippen molar-refractivity contribution in [2.75, 3.05) is 7.11 Å². The molecule has 7 heteroatoms. The van der Waals surface area contributed by atoms with Crippen LogP contribution < -0.4 is 10.1 Å². The third kappa shape index (κ3) is 6.44. The maximum absolute atomic E-state index is 12.5. The van der Waals surface area contributed by atoms with Crippen molar-refractivity contribution in [1.82, 2.24) is 5.32 Å². The number of hydrogen-bond acceptors (Lipinski definition) is 3. The number of methoxy groups -OCH3 is 1. The topological polar surface area (TPSA) is 55.4 Å². The van der Waals surface area contributed by atoms with Gasteiger partial charge in [0.25, 0.3) is 0 Å². The second-order valence-electron chi connectivity index (χ2n) is 5.98. The van der Waals surface area contributed by atoms with Crippen LogP contribution in [0.1, 0.15) is 40.7 Å². The molecule has 0 spiro atoms. The number of halogens is 3. The fourth-order valence-electron chi connectivity index (χ4n) is 2.43. The summed E-state index contributed by atoms with van der Waals surface area (Å²) < 4.78 is 42.5. The van der Waals surface area contributed by atoms with Gasteiger partial charge < -0.3 is 10.1 Å². The molecular weight excluding hydrogens is 359 g/mol. The number of ether oxygens (including phenoxy) is 1. The quantitative estimate of drug-likeness (QED) is 0.693. The van der Waals surface area contributed by atoms with E-state index in [1.54, 1.807) is 31.4 Å². The Hall–Kier alpha value is -2.83. The summed E-state index contributed by atoms with van der Waals surface area (Å²) in [7, 11) is 1.54. The highest BCUT2D eigenvalue weighted by Gasteiger charge is 2.29. The van der Waals surface area contributed by atoms with Gasteiger partial charge in [0.15, 0.2) is 5.78 Å². The van der Waals surface area contributed by atoms with Crippen LogP contribution in [0, 0.1) is 0 Å². The molecule has 27 heavy (non-hydrogen) atoms. The molecule has 0 aliphatic heterocycles. The molecule has 0 fully saturated rings. The van der Waals surface area contributed by atoms with Gasteiger partial charge in [-0.2, -0.15) is 13.2 Å². The average Bonchev–Trinajstić information content (AvgIpc) is 2.66. The Morgan fingerprint density at radius 1 is 0.963 bits per heavy atom. The number of Topliss-reactive ketones (excluding diaryl/α,β-unsaturated/α-hetero) is 1. The van der Waals surface area contributed by atoms with E-state index in [9.17, 15) is 22.8 Å². The van der Waals surface area contributed by atoms with Gasteiger partial charge in [-0.05, 0) is 48.4 Å². The molecule has 0 aromatic heterocycles. The lowest BCUT2D eigenvalue weighted by molar-refractivity contribution is -0.137. The molecule has 1 amide bonds. The maximum Gasteiger partial charge on any atom is 0.416 e. The van der Waals surface area contributed by atoms with Crippen molar-refractivity contribution in [3.63, 3.8) is 0 Å². The maximum atomic E-state index is 12.5. The molecular formula is C20H20F3NO3. The summed E-state index contributed by atoms with van der Waals surface area (Å²) in [4.78, 5) is 23.9. The van der Waals surface area contributed by atoms with Crippen molar-refractivity contribution < 1.29 is 27.5 Å². The lowest BCUT2D eigenvalue weighted by atomic mass is 10.1. The Morgan fingerprint density at radius 2 is 1.59 bits per heavy atom. The Bertz CT molecular complexity index is 769. The van der Waals surface area contributed by atoms with Crippen LogP contribution in [0.5, 0.6) is 5.75 Å². The molecule has 0 saturated carbocycles. The first kappa shape index (κ1) is 20.5. The highest BCUT2D eigenvalue weighted by Crippen LogP contribution is 2.29. The second-order valence-corrected chi connectivity index (χ2v) is 5.98. The Balaban J connectivity index is 1.72. The normalized spacial score (nSPS) is 11.1. The standard InChI is InChI=1S/C20H20F3NO3/c1-27-17-11-7-15(8-12-17)18(25)3-2-4-19(26)24-13-14-5-9-16(10-6-14)20(21,22)23/h5-12H,2-4,13H2,1H3,(H,24,26). The van der Waals surface area contributed by atoms with E-state index >= 15 is 0 Å². The summed E-state index contributed by atoms with van der Waals surface area (Å²) in [5.41, 5.74) is 0.404. The van der Waals surface area contributed by atoms with E-state index in [2.05, 4.69) is 5.32 Å². The van der Waals surface area contributed by atoms with Crippen molar-refractivity contribution in [3.05, 3.63) is 65.2 Å². The van der Waals surface area contributed by atoms with Crippen molar-refractivity contribution in [2.45, 2.75) is 32.0 Å². The molecule has 2 rings (SSSR count). The molecule has 2 aromatic carbocycles. The van der Waals surface area contributed by atoms with Crippen LogP contribution in [-0.2, 0) is 17.5 Å². The molecule has 0 aliphatic rings. The van der Waals surface area contributed by atoms with E-state index in [1.807, 2.05) is 0 Å². The van der Waals surface area contributed by atoms with Crippen LogP contribution in [0.25, 0.3) is 0 Å². The van der Waals surface area contributed by atoms with E-state index < -0.39 is 11.7 Å². The number of alkyl halides is 3. The molecule has 0 unspecified atom stereocenters. The fraction of sp³-hybridized carbons (Fsp3) is 0.300. The average molecular weight is 379 g/mol. The summed E-state index contributed by atoms with van der Waals surface area (Å²) in [5, 5.41) is 2.64. The van der Waals surface area contributed by atoms with Gasteiger partial charge in [-0.15, -0.1) is 0 Å². The van der Waals surface area contributed by atoms with Gasteiger partial charge in [0, 0.05) is 24.9 Å². The molecule has 144 valence electrons. The molecule has 0 saturated heterocycles. The summed E-state index contributed by atoms with van der Waals surface area (Å²) in [6.07, 6.45) is -3.58. The van der Waals surface area contributed by atoms with Gasteiger partial charge >= 0.3 is 6.18 Å². The molecule has 2 aromatic rings. The summed E-state index contributed by atoms with van der Waals surface area (Å²) in [6.45, 7) is 0.142. The van der Waals surface area contributed by atoms with Crippen LogP contribution in [0.3, 0.4) is 0 Å². The molecule has 0 bridgehead atoms. The number of benzene rings is 2. The molecule has 4 nitrogen and oxygen atoms in total. The zero-order chi connectivity index (χ0) is 19.9. The van der Waals surface area contributed by atoms with Crippen LogP contribution in [-0.4, -0.2) is 18.8 Å². The minimum atomic E-state index is -4.38. The molecule has 1 N–H and O–H groups in total. The zero-order valence-electron chi connectivity index (χ0n) is 14.8. The minimum Gasteiger partial charge on any atom is -0.497 e. The zero-order valence-corrected chi connectivity index (χ0v) is 14.8. The predicted octanol–water partition coefficient (Wildman–Crippen LogP) is 4.38. The number of carbonyl (C=O) groups excluding carboxylic acids is 2. The first-order chi connectivity index (χ1) is 12.8. The minimum absolute atomic E-state index is 0.0619. The molecule has 0 heterocycles. The molecule has 0 atom stereocenters. The summed E-state index contributed by atoms with van der Waals surface area (Å²) in [5.74, 6) is 0.347. The number of nitrogens with one attached hydrogen (secondary N) is 1. The van der Waals surface area contributed by atoms with Crippen molar-refractivity contribution in [2.24, 2.45) is 0 Å². The summed E-state index contributed by atoms with van der Waals surface area (Å²) >= 11 is 0. The third-order valence-corrected chi connectivity index (χ3v) is 3.99. The van der Waals surface area contributed by atoms with Crippen LogP contribution in [0.2, 0.25) is 0 Å². The number of carbonyl (C=O) groups is 2. The van der Waals surface area contributed by atoms with E-state index in [1.165, 1.54) is 12.1 Å². The van der Waals surface area contributed by atoms with Gasteiger partial charge in [0.05, 0.1) is 12.7 Å². The van der Waals surface area contributed by atoms with Gasteiger partial charge in [0.2, 0.25) is 5.91 Å². The fourth-order valence-corrected chi connectivity index (χ4v) is 2.43. The van der Waals surface area contributed by atoms with Gasteiger partial charge in [-0.1, -0.05) is 12.1 Å². The second kappa shape index (κ2) is 9.21. The van der Waals surface area contributed by atoms with E-state index in [0.29, 0.717) is 23.3 Å². The summed E-state index contributed by atoms with van der Waals surface area (Å²) in [6, 6.07) is 11.4. The third-order valence-electron chi connectivity index (χ3n) is 3.99. The molecule has 0 aliphatic carbocycles. The van der Waals surface area contributed by atoms with Crippen LogP contribution in [0.4, 0.5) is 13.2 Å². The first-order valence-corrected chi connectivity index (χ1v) is 8.39. The van der Waals surface area contributed by atoms with Crippen LogP contribution >= 0.6 is 0 Å². The van der Waals surface area contributed by atoms with E-state index in [4.69, 9.17) is 4.74 Å². The Kier molecular flexibility index (Phi) is 6.98. The lowest BCUT2D eigenvalue weighted by Crippen LogP contribution is -2.22.